The molecule has 0 radical (unpaired) electrons. The van der Waals surface area contributed by atoms with E-state index >= 15 is 0 Å². The third kappa shape index (κ3) is 3.99. The standard InChI is InChI=1S/C21H19F3N2O5S/c1-2-30-16-5-3-4-6-19(16)32(28,29)25-21(27)18-11-13-14(22)9-12(10-17(13)31-18)26-8-7-15(26)20(23)24/h3-6,9-11,15,20H,2,7-8H2,1H3,(H,25,27). The Morgan fingerprint density at radius 3 is 2.69 bits per heavy atom. The number of fused-ring (bicyclic) bond motifs is 1. The lowest BCUT2D eigenvalue weighted by Gasteiger charge is -2.42. The number of rotatable bonds is 7. The molecule has 2 heterocycles. The number of anilines is 1. The zero-order valence-electron chi connectivity index (χ0n) is 16.8. The van der Waals surface area contributed by atoms with E-state index in [-0.39, 0.29) is 40.3 Å². The fourth-order valence-corrected chi connectivity index (χ4v) is 4.63. The molecule has 1 fully saturated rings. The molecule has 0 aliphatic carbocycles. The maximum atomic E-state index is 14.6. The maximum absolute atomic E-state index is 14.6. The highest BCUT2D eigenvalue weighted by Gasteiger charge is 2.36. The average Bonchev–Trinajstić information content (AvgIpc) is 3.12. The quantitative estimate of drug-likeness (QED) is 0.565. The van der Waals surface area contributed by atoms with Crippen LogP contribution >= 0.6 is 0 Å². The summed E-state index contributed by atoms with van der Waals surface area (Å²) in [5.74, 6) is -2.26. The topological polar surface area (TPSA) is 88.8 Å². The third-order valence-electron chi connectivity index (χ3n) is 5.15. The van der Waals surface area contributed by atoms with Crippen molar-refractivity contribution in [3.63, 3.8) is 0 Å². The third-order valence-corrected chi connectivity index (χ3v) is 6.52. The number of para-hydroxylation sites is 1. The lowest BCUT2D eigenvalue weighted by molar-refractivity contribution is 0.0876. The van der Waals surface area contributed by atoms with Crippen LogP contribution in [-0.2, 0) is 10.0 Å². The SMILES string of the molecule is CCOc1ccccc1S(=O)(=O)NC(=O)c1cc2c(F)cc(N3CCC3C(F)F)cc2o1. The molecule has 1 aromatic heterocycles. The van der Waals surface area contributed by atoms with E-state index in [4.69, 9.17) is 9.15 Å². The summed E-state index contributed by atoms with van der Waals surface area (Å²) < 4.78 is 78.5. The van der Waals surface area contributed by atoms with Gasteiger partial charge in [0.05, 0.1) is 18.0 Å². The number of carbonyl (C=O) groups is 1. The number of nitrogens with one attached hydrogen (secondary N) is 1. The first-order valence-electron chi connectivity index (χ1n) is 9.78. The summed E-state index contributed by atoms with van der Waals surface area (Å²) in [5.41, 5.74) is 0.142. The monoisotopic (exact) mass is 468 g/mol. The second-order valence-corrected chi connectivity index (χ2v) is 8.80. The molecule has 170 valence electrons. The Morgan fingerprint density at radius 2 is 2.03 bits per heavy atom. The molecule has 3 aromatic rings. The van der Waals surface area contributed by atoms with E-state index in [1.54, 1.807) is 13.0 Å². The van der Waals surface area contributed by atoms with Crippen molar-refractivity contribution in [2.45, 2.75) is 30.7 Å². The van der Waals surface area contributed by atoms with E-state index in [1.165, 1.54) is 29.2 Å². The van der Waals surface area contributed by atoms with Gasteiger partial charge in [0.15, 0.2) is 5.76 Å². The molecule has 4 rings (SSSR count). The van der Waals surface area contributed by atoms with Crippen LogP contribution in [0.15, 0.2) is 51.8 Å². The molecule has 1 saturated heterocycles. The first-order chi connectivity index (χ1) is 15.2. The summed E-state index contributed by atoms with van der Waals surface area (Å²) in [4.78, 5) is 13.7. The minimum atomic E-state index is -4.31. The predicted octanol–water partition coefficient (Wildman–Crippen LogP) is 3.93. The molecule has 1 amide bonds. The number of benzene rings is 2. The summed E-state index contributed by atoms with van der Waals surface area (Å²) in [6, 6.07) is 8.27. The van der Waals surface area contributed by atoms with Gasteiger partial charge in [-0.05, 0) is 31.5 Å². The summed E-state index contributed by atoms with van der Waals surface area (Å²) >= 11 is 0. The smallest absolute Gasteiger partial charge is 0.300 e. The van der Waals surface area contributed by atoms with E-state index in [1.807, 2.05) is 4.72 Å². The predicted molar refractivity (Wildman–Crippen MR) is 110 cm³/mol. The Hall–Kier alpha value is -3.21. The molecule has 1 N–H and O–H groups in total. The molecule has 0 bridgehead atoms. The summed E-state index contributed by atoms with van der Waals surface area (Å²) in [7, 11) is -4.31. The zero-order valence-corrected chi connectivity index (χ0v) is 17.7. The molecule has 2 aromatic carbocycles. The zero-order chi connectivity index (χ0) is 23.0. The number of amides is 1. The van der Waals surface area contributed by atoms with E-state index in [0.29, 0.717) is 6.54 Å². The van der Waals surface area contributed by atoms with Crippen LogP contribution in [0.1, 0.15) is 23.9 Å². The highest BCUT2D eigenvalue weighted by atomic mass is 32.2. The van der Waals surface area contributed by atoms with Gasteiger partial charge in [-0.3, -0.25) is 4.79 Å². The Balaban J connectivity index is 1.61. The highest BCUT2D eigenvalue weighted by Crippen LogP contribution is 2.34. The molecule has 7 nitrogen and oxygen atoms in total. The number of carbonyl (C=O) groups excluding carboxylic acids is 1. The molecule has 0 spiro atoms. The molecule has 1 atom stereocenters. The second kappa shape index (κ2) is 8.38. The van der Waals surface area contributed by atoms with Gasteiger partial charge in [-0.15, -0.1) is 0 Å². The van der Waals surface area contributed by atoms with Crippen LogP contribution in [0.2, 0.25) is 0 Å². The minimum absolute atomic E-state index is 0.0582. The van der Waals surface area contributed by atoms with Gasteiger partial charge in [0, 0.05) is 24.4 Å². The van der Waals surface area contributed by atoms with Gasteiger partial charge in [-0.1, -0.05) is 12.1 Å². The number of furan rings is 1. The minimum Gasteiger partial charge on any atom is -0.492 e. The number of halogens is 3. The normalized spacial score (nSPS) is 16.3. The number of alkyl halides is 2. The highest BCUT2D eigenvalue weighted by molar-refractivity contribution is 7.90. The van der Waals surface area contributed by atoms with Crippen molar-refractivity contribution >= 4 is 32.6 Å². The maximum Gasteiger partial charge on any atom is 0.300 e. The van der Waals surface area contributed by atoms with Crippen LogP contribution in [0.5, 0.6) is 5.75 Å². The van der Waals surface area contributed by atoms with Crippen LogP contribution < -0.4 is 14.4 Å². The van der Waals surface area contributed by atoms with Crippen molar-refractivity contribution < 1.29 is 35.5 Å². The van der Waals surface area contributed by atoms with Gasteiger partial charge in [-0.25, -0.2) is 26.3 Å². The molecule has 0 saturated carbocycles. The number of ether oxygens (including phenoxy) is 1. The van der Waals surface area contributed by atoms with Crippen molar-refractivity contribution in [3.8, 4) is 5.75 Å². The van der Waals surface area contributed by atoms with Crippen LogP contribution in [0, 0.1) is 5.82 Å². The van der Waals surface area contributed by atoms with Crippen LogP contribution in [0.25, 0.3) is 11.0 Å². The Labute approximate surface area is 181 Å². The van der Waals surface area contributed by atoms with E-state index < -0.39 is 40.0 Å². The van der Waals surface area contributed by atoms with Gasteiger partial charge < -0.3 is 14.1 Å². The largest absolute Gasteiger partial charge is 0.492 e. The Morgan fingerprint density at radius 1 is 1.28 bits per heavy atom. The molecule has 1 unspecified atom stereocenters. The number of hydrogen-bond donors (Lipinski definition) is 1. The van der Waals surface area contributed by atoms with Gasteiger partial charge in [0.1, 0.15) is 22.0 Å². The molecule has 1 aliphatic rings. The molecule has 11 heteroatoms. The average molecular weight is 468 g/mol. The summed E-state index contributed by atoms with van der Waals surface area (Å²) in [6.45, 7) is 2.24. The van der Waals surface area contributed by atoms with Crippen molar-refractivity contribution in [1.29, 1.82) is 0 Å². The molecular formula is C21H19F3N2O5S. The number of hydrogen-bond acceptors (Lipinski definition) is 6. The molecule has 32 heavy (non-hydrogen) atoms. The summed E-state index contributed by atoms with van der Waals surface area (Å²) in [6.07, 6.45) is -2.30. The van der Waals surface area contributed by atoms with Gasteiger partial charge in [-0.2, -0.15) is 0 Å². The first kappa shape index (κ1) is 22.0. The van der Waals surface area contributed by atoms with Crippen molar-refractivity contribution in [3.05, 3.63) is 54.0 Å². The van der Waals surface area contributed by atoms with E-state index in [2.05, 4.69) is 0 Å². The first-order valence-corrected chi connectivity index (χ1v) is 11.3. The van der Waals surface area contributed by atoms with Crippen LogP contribution in [0.4, 0.5) is 18.9 Å². The van der Waals surface area contributed by atoms with Gasteiger partial charge in [0.2, 0.25) is 0 Å². The van der Waals surface area contributed by atoms with Gasteiger partial charge >= 0.3 is 5.91 Å². The second-order valence-electron chi connectivity index (χ2n) is 7.15. The number of nitrogens with zero attached hydrogens (tertiary/aromatic N) is 1. The van der Waals surface area contributed by atoms with Crippen LogP contribution in [-0.4, -0.2) is 39.9 Å². The fourth-order valence-electron chi connectivity index (χ4n) is 3.52. The van der Waals surface area contributed by atoms with E-state index in [0.717, 1.165) is 12.1 Å². The Bertz CT molecular complexity index is 1280. The molecular weight excluding hydrogens is 449 g/mol. The lowest BCUT2D eigenvalue weighted by atomic mass is 10.0. The van der Waals surface area contributed by atoms with E-state index in [9.17, 15) is 26.4 Å². The van der Waals surface area contributed by atoms with Gasteiger partial charge in [0.25, 0.3) is 16.4 Å². The summed E-state index contributed by atoms with van der Waals surface area (Å²) in [5, 5.41) is -0.0693. The van der Waals surface area contributed by atoms with Crippen LogP contribution in [0.3, 0.4) is 0 Å². The van der Waals surface area contributed by atoms with Crippen molar-refractivity contribution in [2.24, 2.45) is 0 Å². The Kier molecular flexibility index (Phi) is 5.76. The van der Waals surface area contributed by atoms with Crippen molar-refractivity contribution in [1.82, 2.24) is 4.72 Å². The number of sulfonamides is 1. The lowest BCUT2D eigenvalue weighted by Crippen LogP contribution is -2.52. The molecule has 1 aliphatic heterocycles. The fraction of sp³-hybridized carbons (Fsp3) is 0.286. The van der Waals surface area contributed by atoms with Crippen molar-refractivity contribution in [2.75, 3.05) is 18.1 Å².